The number of nitrogens with zero attached hydrogens (tertiary/aromatic N) is 3. The second-order valence-electron chi connectivity index (χ2n) is 5.61. The maximum Gasteiger partial charge on any atom is 0.156 e. The lowest BCUT2D eigenvalue weighted by Crippen LogP contribution is -2.22. The molecule has 4 heteroatoms. The summed E-state index contributed by atoms with van der Waals surface area (Å²) in [7, 11) is 0. The summed E-state index contributed by atoms with van der Waals surface area (Å²) in [6.45, 7) is 2.87. The van der Waals surface area contributed by atoms with Gasteiger partial charge in [0, 0.05) is 6.61 Å². The van der Waals surface area contributed by atoms with E-state index >= 15 is 0 Å². The summed E-state index contributed by atoms with van der Waals surface area (Å²) in [5.74, 6) is 1.98. The highest BCUT2D eigenvalue weighted by molar-refractivity contribution is 4.99. The first-order valence-electron chi connectivity index (χ1n) is 7.39. The Kier molecular flexibility index (Phi) is 3.64. The summed E-state index contributed by atoms with van der Waals surface area (Å²) in [5, 5.41) is 4.64. The van der Waals surface area contributed by atoms with E-state index in [2.05, 4.69) is 14.8 Å². The zero-order chi connectivity index (χ0) is 12.4. The summed E-state index contributed by atoms with van der Waals surface area (Å²) >= 11 is 0. The highest BCUT2D eigenvalue weighted by atomic mass is 16.5. The van der Waals surface area contributed by atoms with Crippen molar-refractivity contribution in [1.29, 1.82) is 0 Å². The second-order valence-corrected chi connectivity index (χ2v) is 5.61. The van der Waals surface area contributed by atoms with Gasteiger partial charge in [0.15, 0.2) is 5.82 Å². The molecule has 0 aromatic carbocycles. The topological polar surface area (TPSA) is 39.9 Å². The van der Waals surface area contributed by atoms with Gasteiger partial charge in [0.1, 0.15) is 11.9 Å². The van der Waals surface area contributed by atoms with Crippen LogP contribution in [0.15, 0.2) is 0 Å². The van der Waals surface area contributed by atoms with Crippen LogP contribution in [0.4, 0.5) is 0 Å². The molecule has 0 spiro atoms. The van der Waals surface area contributed by atoms with Crippen molar-refractivity contribution >= 4 is 0 Å². The van der Waals surface area contributed by atoms with E-state index in [0.717, 1.165) is 24.7 Å². The van der Waals surface area contributed by atoms with E-state index in [1.54, 1.807) is 0 Å². The molecule has 1 atom stereocenters. The Labute approximate surface area is 109 Å². The van der Waals surface area contributed by atoms with Crippen LogP contribution in [0.25, 0.3) is 0 Å². The van der Waals surface area contributed by atoms with Crippen molar-refractivity contribution in [3.63, 3.8) is 0 Å². The lowest BCUT2D eigenvalue weighted by Gasteiger charge is -2.27. The van der Waals surface area contributed by atoms with Crippen molar-refractivity contribution in [2.75, 3.05) is 6.61 Å². The van der Waals surface area contributed by atoms with Crippen LogP contribution >= 0.6 is 0 Å². The summed E-state index contributed by atoms with van der Waals surface area (Å²) in [4.78, 5) is 4.64. The van der Waals surface area contributed by atoms with Crippen LogP contribution in [-0.2, 0) is 4.74 Å². The third-order valence-corrected chi connectivity index (χ3v) is 4.15. The predicted octanol–water partition coefficient (Wildman–Crippen LogP) is 3.33. The van der Waals surface area contributed by atoms with Crippen molar-refractivity contribution in [3.05, 3.63) is 11.6 Å². The molecule has 0 N–H and O–H groups in total. The van der Waals surface area contributed by atoms with Crippen LogP contribution < -0.4 is 0 Å². The molecule has 2 heterocycles. The minimum Gasteiger partial charge on any atom is -0.370 e. The highest BCUT2D eigenvalue weighted by Crippen LogP contribution is 2.33. The van der Waals surface area contributed by atoms with Gasteiger partial charge in [-0.15, -0.1) is 0 Å². The maximum absolute atomic E-state index is 5.89. The Hall–Kier alpha value is -0.900. The largest absolute Gasteiger partial charge is 0.370 e. The minimum absolute atomic E-state index is 0.182. The van der Waals surface area contributed by atoms with Crippen molar-refractivity contribution < 1.29 is 4.74 Å². The molecule has 4 nitrogen and oxygen atoms in total. The van der Waals surface area contributed by atoms with E-state index < -0.39 is 0 Å². The lowest BCUT2D eigenvalue weighted by molar-refractivity contribution is 0.00513. The van der Waals surface area contributed by atoms with Crippen LogP contribution in [-0.4, -0.2) is 21.4 Å². The van der Waals surface area contributed by atoms with Gasteiger partial charge in [-0.05, 0) is 39.0 Å². The normalized spacial score (nSPS) is 26.4. The van der Waals surface area contributed by atoms with Gasteiger partial charge in [0.2, 0.25) is 0 Å². The molecule has 1 aromatic heterocycles. The van der Waals surface area contributed by atoms with E-state index in [1.807, 2.05) is 6.92 Å². The summed E-state index contributed by atoms with van der Waals surface area (Å²) in [6, 6.07) is 0.556. The molecule has 1 saturated carbocycles. The fourth-order valence-corrected chi connectivity index (χ4v) is 3.20. The van der Waals surface area contributed by atoms with Gasteiger partial charge in [-0.3, -0.25) is 0 Å². The standard InChI is InChI=1S/C14H23N3O/c1-11-15-14(13-9-5-6-10-18-13)17(16-11)12-7-3-2-4-8-12/h12-13H,2-10H2,1H3/t13-/m1/s1. The fraction of sp³-hybridized carbons (Fsp3) is 0.857. The number of hydrogen-bond acceptors (Lipinski definition) is 3. The molecule has 3 rings (SSSR count). The van der Waals surface area contributed by atoms with Gasteiger partial charge in [-0.25, -0.2) is 9.67 Å². The van der Waals surface area contributed by atoms with Crippen molar-refractivity contribution in [3.8, 4) is 0 Å². The van der Waals surface area contributed by atoms with Gasteiger partial charge in [0.25, 0.3) is 0 Å². The Morgan fingerprint density at radius 1 is 1.06 bits per heavy atom. The zero-order valence-electron chi connectivity index (χ0n) is 11.3. The molecular weight excluding hydrogens is 226 g/mol. The third kappa shape index (κ3) is 2.44. The van der Waals surface area contributed by atoms with Gasteiger partial charge in [-0.2, -0.15) is 5.10 Å². The van der Waals surface area contributed by atoms with Gasteiger partial charge >= 0.3 is 0 Å². The number of aromatic nitrogens is 3. The molecule has 1 aromatic rings. The highest BCUT2D eigenvalue weighted by Gasteiger charge is 2.26. The van der Waals surface area contributed by atoms with E-state index in [4.69, 9.17) is 4.74 Å². The van der Waals surface area contributed by atoms with Crippen LogP contribution in [0.3, 0.4) is 0 Å². The maximum atomic E-state index is 5.89. The molecule has 1 saturated heterocycles. The van der Waals surface area contributed by atoms with Crippen LogP contribution in [0.5, 0.6) is 0 Å². The van der Waals surface area contributed by atoms with Crippen molar-refractivity contribution in [2.24, 2.45) is 0 Å². The molecule has 0 amide bonds. The Morgan fingerprint density at radius 3 is 2.56 bits per heavy atom. The molecule has 1 aliphatic carbocycles. The minimum atomic E-state index is 0.182. The Bertz CT molecular complexity index is 354. The summed E-state index contributed by atoms with van der Waals surface area (Å²) < 4.78 is 8.07. The first-order valence-corrected chi connectivity index (χ1v) is 7.39. The number of rotatable bonds is 2. The first kappa shape index (κ1) is 12.2. The Morgan fingerprint density at radius 2 is 1.83 bits per heavy atom. The summed E-state index contributed by atoms with van der Waals surface area (Å²) in [5.41, 5.74) is 0. The lowest BCUT2D eigenvalue weighted by atomic mass is 9.95. The van der Waals surface area contributed by atoms with Crippen molar-refractivity contribution in [2.45, 2.75) is 70.4 Å². The smallest absolute Gasteiger partial charge is 0.156 e. The number of ether oxygens (including phenoxy) is 1. The molecule has 0 unspecified atom stereocenters. The average Bonchev–Trinajstić information content (AvgIpc) is 2.83. The quantitative estimate of drug-likeness (QED) is 0.807. The fourth-order valence-electron chi connectivity index (χ4n) is 3.20. The van der Waals surface area contributed by atoms with E-state index in [9.17, 15) is 0 Å². The molecular formula is C14H23N3O. The third-order valence-electron chi connectivity index (χ3n) is 4.15. The molecule has 0 radical (unpaired) electrons. The van der Waals surface area contributed by atoms with Gasteiger partial charge < -0.3 is 4.74 Å². The number of hydrogen-bond donors (Lipinski definition) is 0. The zero-order valence-corrected chi connectivity index (χ0v) is 11.3. The van der Waals surface area contributed by atoms with Crippen molar-refractivity contribution in [1.82, 2.24) is 14.8 Å². The molecule has 2 aliphatic rings. The van der Waals surface area contributed by atoms with Crippen LogP contribution in [0, 0.1) is 6.92 Å². The summed E-state index contributed by atoms with van der Waals surface area (Å²) in [6.07, 6.45) is 10.3. The second kappa shape index (κ2) is 5.39. The Balaban J connectivity index is 1.83. The van der Waals surface area contributed by atoms with Crippen LogP contribution in [0.2, 0.25) is 0 Å². The van der Waals surface area contributed by atoms with E-state index in [0.29, 0.717) is 6.04 Å². The van der Waals surface area contributed by atoms with E-state index in [1.165, 1.54) is 44.9 Å². The number of aryl methyl sites for hydroxylation is 1. The average molecular weight is 249 g/mol. The molecule has 2 fully saturated rings. The molecule has 18 heavy (non-hydrogen) atoms. The predicted molar refractivity (Wildman–Crippen MR) is 69.4 cm³/mol. The van der Waals surface area contributed by atoms with E-state index in [-0.39, 0.29) is 6.10 Å². The van der Waals surface area contributed by atoms with Crippen LogP contribution in [0.1, 0.15) is 75.2 Å². The first-order chi connectivity index (χ1) is 8.84. The molecule has 100 valence electrons. The van der Waals surface area contributed by atoms with Gasteiger partial charge in [0.05, 0.1) is 6.04 Å². The molecule has 0 bridgehead atoms. The SMILES string of the molecule is Cc1nc([C@H]2CCCCO2)n(C2CCCCC2)n1. The monoisotopic (exact) mass is 249 g/mol. The van der Waals surface area contributed by atoms with Gasteiger partial charge in [-0.1, -0.05) is 19.3 Å². The molecule has 1 aliphatic heterocycles.